The first-order valence-electron chi connectivity index (χ1n) is 11.3. The van der Waals surface area contributed by atoms with Crippen molar-refractivity contribution in [3.05, 3.63) is 110 Å². The van der Waals surface area contributed by atoms with Gasteiger partial charge in [0.1, 0.15) is 5.92 Å². The largest absolute Gasteiger partial charge is 0.276 e. The van der Waals surface area contributed by atoms with Crippen molar-refractivity contribution in [2.24, 2.45) is 5.92 Å². The van der Waals surface area contributed by atoms with E-state index in [4.69, 9.17) is 4.84 Å². The lowest BCUT2D eigenvalue weighted by atomic mass is 9.95. The summed E-state index contributed by atoms with van der Waals surface area (Å²) in [6, 6.07) is 17.9. The van der Waals surface area contributed by atoms with Crippen LogP contribution in [0, 0.1) is 33.1 Å². The number of nitrogens with zero attached hydrogens (tertiary/aromatic N) is 4. The molecule has 0 unspecified atom stereocenters. The molecule has 186 valence electrons. The highest BCUT2D eigenvalue weighted by Crippen LogP contribution is 2.41. The molecule has 0 aliphatic carbocycles. The van der Waals surface area contributed by atoms with Crippen LogP contribution in [0.1, 0.15) is 11.1 Å². The first-order valence-corrected chi connectivity index (χ1v) is 11.3. The molecule has 2 aliphatic rings. The van der Waals surface area contributed by atoms with Gasteiger partial charge in [0.2, 0.25) is 5.91 Å². The molecule has 3 aromatic rings. The quantitative estimate of drug-likeness (QED) is 0.279. The van der Waals surface area contributed by atoms with E-state index in [9.17, 15) is 29.8 Å². The van der Waals surface area contributed by atoms with Crippen LogP contribution in [-0.4, -0.2) is 33.8 Å². The molecular weight excluding hydrogens is 480 g/mol. The minimum absolute atomic E-state index is 0.0996. The zero-order chi connectivity index (χ0) is 26.3. The number of nitro groups is 2. The summed E-state index contributed by atoms with van der Waals surface area (Å²) >= 11 is 0. The monoisotopic (exact) mass is 500 g/mol. The van der Waals surface area contributed by atoms with Crippen LogP contribution >= 0.6 is 0 Å². The number of fused-ring (bicyclic) bond motifs is 1. The van der Waals surface area contributed by atoms with Gasteiger partial charge in [0.15, 0.2) is 6.10 Å². The van der Waals surface area contributed by atoms with Gasteiger partial charge in [-0.15, -0.1) is 0 Å². The minimum Gasteiger partial charge on any atom is -0.273 e. The number of rotatable bonds is 6. The fourth-order valence-corrected chi connectivity index (χ4v) is 4.54. The topological polar surface area (TPSA) is 136 Å². The maximum absolute atomic E-state index is 13.6. The Bertz CT molecular complexity index is 1440. The molecule has 37 heavy (non-hydrogen) atoms. The van der Waals surface area contributed by atoms with E-state index in [1.54, 1.807) is 42.5 Å². The summed E-state index contributed by atoms with van der Waals surface area (Å²) in [7, 11) is 0. The SMILES string of the molecule is Cc1ccc(N2O[C@H]3C(=O)N(c4ccc([N+](=O)[O-])cc4)C(=O)[C@H]3[C@H]2/C=C/c2ccccc2[N+](=O)[O-])cc1. The molecule has 2 heterocycles. The molecule has 0 bridgehead atoms. The highest BCUT2D eigenvalue weighted by molar-refractivity contribution is 6.24. The molecule has 3 aromatic carbocycles. The lowest BCUT2D eigenvalue weighted by molar-refractivity contribution is -0.385. The van der Waals surface area contributed by atoms with Gasteiger partial charge in [0, 0.05) is 18.2 Å². The molecule has 0 radical (unpaired) electrons. The van der Waals surface area contributed by atoms with Gasteiger partial charge >= 0.3 is 0 Å². The lowest BCUT2D eigenvalue weighted by Gasteiger charge is -2.26. The van der Waals surface area contributed by atoms with E-state index in [-0.39, 0.29) is 17.1 Å². The second-order valence-electron chi connectivity index (χ2n) is 8.66. The standard InChI is InChI=1S/C26H20N4O7/c1-16-6-9-19(10-7-16)28-22(15-8-17-4-2-3-5-21(17)30(35)36)23-24(37-28)26(32)27(25(23)31)18-11-13-20(14-12-18)29(33)34/h2-15,22-24H,1H3/b15-8+/t22-,23+,24-/m1/s1. The van der Waals surface area contributed by atoms with Crippen molar-refractivity contribution in [2.75, 3.05) is 9.96 Å². The number of para-hydroxylation sites is 1. The van der Waals surface area contributed by atoms with E-state index >= 15 is 0 Å². The van der Waals surface area contributed by atoms with Crippen LogP contribution in [0.5, 0.6) is 0 Å². The van der Waals surface area contributed by atoms with Crippen molar-refractivity contribution in [2.45, 2.75) is 19.1 Å². The molecule has 2 saturated heterocycles. The molecule has 11 heteroatoms. The Balaban J connectivity index is 1.53. The number of aryl methyl sites for hydroxylation is 1. The third kappa shape index (κ3) is 4.21. The number of nitro benzene ring substituents is 2. The van der Waals surface area contributed by atoms with Crippen LogP contribution in [0.15, 0.2) is 78.9 Å². The summed E-state index contributed by atoms with van der Waals surface area (Å²) in [5, 5.41) is 23.9. The molecule has 2 amide bonds. The average Bonchev–Trinajstić information content (AvgIpc) is 3.38. The molecule has 0 aromatic heterocycles. The number of benzene rings is 3. The van der Waals surface area contributed by atoms with Crippen molar-refractivity contribution in [1.82, 2.24) is 0 Å². The van der Waals surface area contributed by atoms with Gasteiger partial charge in [0.05, 0.1) is 32.8 Å². The van der Waals surface area contributed by atoms with Crippen LogP contribution < -0.4 is 9.96 Å². The van der Waals surface area contributed by atoms with E-state index in [1.165, 1.54) is 35.4 Å². The number of hydrogen-bond acceptors (Lipinski definition) is 8. The Morgan fingerprint density at radius 3 is 2.14 bits per heavy atom. The van der Waals surface area contributed by atoms with Crippen molar-refractivity contribution >= 4 is 40.6 Å². The maximum Gasteiger partial charge on any atom is 0.276 e. The first kappa shape index (κ1) is 23.8. The molecule has 2 fully saturated rings. The summed E-state index contributed by atoms with van der Waals surface area (Å²) < 4.78 is 0. The van der Waals surface area contributed by atoms with Gasteiger partial charge in [-0.3, -0.25) is 34.7 Å². The van der Waals surface area contributed by atoms with Gasteiger partial charge in [-0.25, -0.2) is 9.96 Å². The van der Waals surface area contributed by atoms with Gasteiger partial charge < -0.3 is 0 Å². The predicted molar refractivity (Wildman–Crippen MR) is 134 cm³/mol. The zero-order valence-corrected chi connectivity index (χ0v) is 19.5. The average molecular weight is 500 g/mol. The van der Waals surface area contributed by atoms with Crippen LogP contribution in [-0.2, 0) is 14.4 Å². The van der Waals surface area contributed by atoms with Crippen molar-refractivity contribution in [1.29, 1.82) is 0 Å². The van der Waals surface area contributed by atoms with Crippen molar-refractivity contribution in [3.63, 3.8) is 0 Å². The van der Waals surface area contributed by atoms with E-state index in [0.29, 0.717) is 11.3 Å². The molecule has 0 saturated carbocycles. The minimum atomic E-state index is -1.13. The zero-order valence-electron chi connectivity index (χ0n) is 19.5. The van der Waals surface area contributed by atoms with E-state index < -0.39 is 39.7 Å². The van der Waals surface area contributed by atoms with E-state index in [2.05, 4.69) is 0 Å². The summed E-state index contributed by atoms with van der Waals surface area (Å²) in [5.41, 5.74) is 1.88. The van der Waals surface area contributed by atoms with Crippen LogP contribution in [0.3, 0.4) is 0 Å². The maximum atomic E-state index is 13.6. The Hall–Kier alpha value is -4.90. The number of amides is 2. The first-order chi connectivity index (χ1) is 17.8. The van der Waals surface area contributed by atoms with Gasteiger partial charge in [-0.05, 0) is 43.3 Å². The number of carbonyl (C=O) groups is 2. The molecule has 11 nitrogen and oxygen atoms in total. The molecule has 2 aliphatic heterocycles. The molecular formula is C26H20N4O7. The number of imide groups is 1. The Morgan fingerprint density at radius 1 is 0.838 bits per heavy atom. The van der Waals surface area contributed by atoms with Crippen molar-refractivity contribution in [3.8, 4) is 0 Å². The smallest absolute Gasteiger partial charge is 0.273 e. The number of non-ortho nitro benzene ring substituents is 1. The molecule has 0 spiro atoms. The van der Waals surface area contributed by atoms with Crippen LogP contribution in [0.2, 0.25) is 0 Å². The summed E-state index contributed by atoms with van der Waals surface area (Å²) in [6.07, 6.45) is 2.03. The van der Waals surface area contributed by atoms with E-state index in [0.717, 1.165) is 10.5 Å². The third-order valence-electron chi connectivity index (χ3n) is 6.37. The summed E-state index contributed by atoms with van der Waals surface area (Å²) in [5.74, 6) is -2.07. The predicted octanol–water partition coefficient (Wildman–Crippen LogP) is 4.20. The van der Waals surface area contributed by atoms with Gasteiger partial charge in [-0.1, -0.05) is 35.9 Å². The van der Waals surface area contributed by atoms with Crippen LogP contribution in [0.4, 0.5) is 22.7 Å². The second kappa shape index (κ2) is 9.28. The molecule has 0 N–H and O–H groups in total. The molecule has 3 atom stereocenters. The fourth-order valence-electron chi connectivity index (χ4n) is 4.54. The van der Waals surface area contributed by atoms with E-state index in [1.807, 2.05) is 19.1 Å². The second-order valence-corrected chi connectivity index (χ2v) is 8.66. The normalized spacial score (nSPS) is 21.1. The van der Waals surface area contributed by atoms with Crippen molar-refractivity contribution < 1.29 is 24.3 Å². The number of anilines is 2. The summed E-state index contributed by atoms with van der Waals surface area (Å²) in [4.78, 5) is 55.3. The highest BCUT2D eigenvalue weighted by Gasteiger charge is 2.59. The third-order valence-corrected chi connectivity index (χ3v) is 6.37. The Morgan fingerprint density at radius 2 is 1.49 bits per heavy atom. The Labute approximate surface area is 210 Å². The van der Waals surface area contributed by atoms with Gasteiger partial charge in [-0.2, -0.15) is 0 Å². The highest BCUT2D eigenvalue weighted by atomic mass is 16.7. The van der Waals surface area contributed by atoms with Gasteiger partial charge in [0.25, 0.3) is 17.3 Å². The number of hydroxylamine groups is 1. The Kier molecular flexibility index (Phi) is 5.98. The fraction of sp³-hybridized carbons (Fsp3) is 0.154. The summed E-state index contributed by atoms with van der Waals surface area (Å²) in [6.45, 7) is 1.92. The lowest BCUT2D eigenvalue weighted by Crippen LogP contribution is -2.39. The molecule has 5 rings (SSSR count). The number of carbonyl (C=O) groups excluding carboxylic acids is 2. The number of hydrogen-bond donors (Lipinski definition) is 0. The van der Waals surface area contributed by atoms with Crippen LogP contribution in [0.25, 0.3) is 6.08 Å².